The van der Waals surface area contributed by atoms with Crippen LogP contribution in [0.1, 0.15) is 11.1 Å². The third kappa shape index (κ3) is 2.70. The lowest BCUT2D eigenvalue weighted by atomic mass is 10.2. The van der Waals surface area contributed by atoms with E-state index in [1.165, 1.54) is 0 Å². The summed E-state index contributed by atoms with van der Waals surface area (Å²) < 4.78 is 5.54. The molecule has 0 aliphatic rings. The van der Waals surface area contributed by atoms with Gasteiger partial charge in [0.2, 0.25) is 0 Å². The Hall–Kier alpha value is -1.61. The topological polar surface area (TPSA) is 35.0 Å². The molecule has 0 aliphatic heterocycles. The van der Waals surface area contributed by atoms with E-state index in [0.29, 0.717) is 17.5 Å². The van der Waals surface area contributed by atoms with E-state index in [-0.39, 0.29) is 0 Å². The van der Waals surface area contributed by atoms with Gasteiger partial charge in [0, 0.05) is 24.2 Å². The zero-order valence-electron chi connectivity index (χ0n) is 8.85. The van der Waals surface area contributed by atoms with Crippen molar-refractivity contribution in [3.63, 3.8) is 0 Å². The molecule has 0 aliphatic carbocycles. The van der Waals surface area contributed by atoms with E-state index >= 15 is 0 Å². The van der Waals surface area contributed by atoms with Crippen LogP contribution in [0.25, 0.3) is 0 Å². The third-order valence-corrected chi connectivity index (χ3v) is 2.33. The fourth-order valence-corrected chi connectivity index (χ4v) is 1.51. The summed E-state index contributed by atoms with van der Waals surface area (Å²) in [6.07, 6.45) is 5.21. The molecule has 4 heteroatoms. The molecule has 0 saturated heterocycles. The minimum atomic E-state index is 0.378. The highest BCUT2D eigenvalue weighted by Crippen LogP contribution is 2.21. The Kier molecular flexibility index (Phi) is 3.37. The molecule has 0 fully saturated rings. The van der Waals surface area contributed by atoms with Crippen LogP contribution in [0.15, 0.2) is 36.8 Å². The van der Waals surface area contributed by atoms with Gasteiger partial charge in [-0.25, -0.2) is 4.98 Å². The van der Waals surface area contributed by atoms with Crippen molar-refractivity contribution in [3.05, 3.63) is 53.1 Å². The number of pyridine rings is 2. The Balaban J connectivity index is 2.05. The van der Waals surface area contributed by atoms with E-state index in [1.54, 1.807) is 30.7 Å². The van der Waals surface area contributed by atoms with Crippen LogP contribution in [0.5, 0.6) is 5.75 Å². The number of hydrogen-bond acceptors (Lipinski definition) is 3. The van der Waals surface area contributed by atoms with Crippen molar-refractivity contribution < 1.29 is 4.74 Å². The molecule has 0 amide bonds. The van der Waals surface area contributed by atoms with Crippen LogP contribution in [-0.4, -0.2) is 9.97 Å². The van der Waals surface area contributed by atoms with E-state index in [4.69, 9.17) is 16.3 Å². The van der Waals surface area contributed by atoms with E-state index in [1.807, 2.05) is 13.0 Å². The number of hydrogen-bond donors (Lipinski definition) is 0. The first-order chi connectivity index (χ1) is 7.75. The second-order valence-electron chi connectivity index (χ2n) is 3.45. The fourth-order valence-electron chi connectivity index (χ4n) is 1.34. The maximum Gasteiger partial charge on any atom is 0.171 e. The smallest absolute Gasteiger partial charge is 0.171 e. The lowest BCUT2D eigenvalue weighted by Crippen LogP contribution is -1.97. The Morgan fingerprint density at radius 3 is 3.00 bits per heavy atom. The van der Waals surface area contributed by atoms with Crippen LogP contribution in [0, 0.1) is 6.92 Å². The van der Waals surface area contributed by atoms with Crippen molar-refractivity contribution in [2.45, 2.75) is 13.5 Å². The van der Waals surface area contributed by atoms with Gasteiger partial charge in [-0.15, -0.1) is 0 Å². The van der Waals surface area contributed by atoms with E-state index in [9.17, 15) is 0 Å². The van der Waals surface area contributed by atoms with Gasteiger partial charge in [0.25, 0.3) is 0 Å². The van der Waals surface area contributed by atoms with Gasteiger partial charge >= 0.3 is 0 Å². The normalized spacial score (nSPS) is 10.1. The average molecular weight is 235 g/mol. The SMILES string of the molecule is Cc1cncc(COc2cccnc2Cl)c1. The first kappa shape index (κ1) is 10.9. The average Bonchev–Trinajstić information content (AvgIpc) is 2.28. The molecule has 16 heavy (non-hydrogen) atoms. The van der Waals surface area contributed by atoms with Crippen LogP contribution < -0.4 is 4.74 Å². The zero-order chi connectivity index (χ0) is 11.4. The van der Waals surface area contributed by atoms with Gasteiger partial charge in [-0.2, -0.15) is 0 Å². The Morgan fingerprint density at radius 2 is 2.25 bits per heavy atom. The largest absolute Gasteiger partial charge is 0.486 e. The van der Waals surface area contributed by atoms with Gasteiger partial charge in [-0.3, -0.25) is 4.98 Å². The molecular weight excluding hydrogens is 224 g/mol. The van der Waals surface area contributed by atoms with Gasteiger partial charge in [0.15, 0.2) is 10.9 Å². The zero-order valence-corrected chi connectivity index (χ0v) is 9.61. The highest BCUT2D eigenvalue weighted by molar-refractivity contribution is 6.30. The summed E-state index contributed by atoms with van der Waals surface area (Å²) in [6.45, 7) is 2.44. The molecule has 3 nitrogen and oxygen atoms in total. The molecule has 0 N–H and O–H groups in total. The molecule has 2 aromatic rings. The van der Waals surface area contributed by atoms with Crippen molar-refractivity contribution in [3.8, 4) is 5.75 Å². The van der Waals surface area contributed by atoms with Crippen molar-refractivity contribution >= 4 is 11.6 Å². The van der Waals surface area contributed by atoms with Gasteiger partial charge in [0.1, 0.15) is 6.61 Å². The number of aromatic nitrogens is 2. The molecule has 82 valence electrons. The first-order valence-corrected chi connectivity index (χ1v) is 5.27. The van der Waals surface area contributed by atoms with Crippen LogP contribution in [0.2, 0.25) is 5.15 Å². The van der Waals surface area contributed by atoms with Crippen molar-refractivity contribution in [2.24, 2.45) is 0 Å². The standard InChI is InChI=1S/C12H11ClN2O/c1-9-5-10(7-14-6-9)8-16-11-3-2-4-15-12(11)13/h2-7H,8H2,1H3. The number of ether oxygens (including phenoxy) is 1. The van der Waals surface area contributed by atoms with Gasteiger partial charge < -0.3 is 4.74 Å². The van der Waals surface area contributed by atoms with Crippen LogP contribution in [0.4, 0.5) is 0 Å². The van der Waals surface area contributed by atoms with Gasteiger partial charge in [-0.05, 0) is 30.7 Å². The number of rotatable bonds is 3. The molecule has 0 spiro atoms. The summed E-state index contributed by atoms with van der Waals surface area (Å²) >= 11 is 5.87. The number of aryl methyl sites for hydroxylation is 1. The molecule has 0 aromatic carbocycles. The Morgan fingerprint density at radius 1 is 1.38 bits per heavy atom. The molecule has 0 atom stereocenters. The summed E-state index contributed by atoms with van der Waals surface area (Å²) in [5.74, 6) is 0.589. The Labute approximate surface area is 99.1 Å². The monoisotopic (exact) mass is 234 g/mol. The minimum absolute atomic E-state index is 0.378. The van der Waals surface area contributed by atoms with Crippen LogP contribution >= 0.6 is 11.6 Å². The van der Waals surface area contributed by atoms with E-state index in [0.717, 1.165) is 11.1 Å². The Bertz CT molecular complexity index is 488. The fraction of sp³-hybridized carbons (Fsp3) is 0.167. The lowest BCUT2D eigenvalue weighted by Gasteiger charge is -2.07. The maximum atomic E-state index is 5.87. The molecule has 0 unspecified atom stereocenters. The molecule has 2 aromatic heterocycles. The molecule has 2 rings (SSSR count). The summed E-state index contributed by atoms with van der Waals surface area (Å²) in [7, 11) is 0. The highest BCUT2D eigenvalue weighted by Gasteiger charge is 2.01. The highest BCUT2D eigenvalue weighted by atomic mass is 35.5. The number of halogens is 1. The van der Waals surface area contributed by atoms with E-state index in [2.05, 4.69) is 9.97 Å². The van der Waals surface area contributed by atoms with Gasteiger partial charge in [-0.1, -0.05) is 11.6 Å². The van der Waals surface area contributed by atoms with Crippen molar-refractivity contribution in [1.29, 1.82) is 0 Å². The first-order valence-electron chi connectivity index (χ1n) is 4.89. The van der Waals surface area contributed by atoms with E-state index < -0.39 is 0 Å². The molecule has 0 saturated carbocycles. The predicted molar refractivity (Wildman–Crippen MR) is 62.6 cm³/mol. The van der Waals surface area contributed by atoms with Crippen molar-refractivity contribution in [1.82, 2.24) is 9.97 Å². The second-order valence-corrected chi connectivity index (χ2v) is 3.81. The van der Waals surface area contributed by atoms with Crippen molar-refractivity contribution in [2.75, 3.05) is 0 Å². The van der Waals surface area contributed by atoms with Crippen LogP contribution in [0.3, 0.4) is 0 Å². The summed E-state index contributed by atoms with van der Waals surface area (Å²) in [6, 6.07) is 5.60. The second kappa shape index (κ2) is 4.94. The quantitative estimate of drug-likeness (QED) is 0.766. The minimum Gasteiger partial charge on any atom is -0.486 e. The summed E-state index contributed by atoms with van der Waals surface area (Å²) in [5, 5.41) is 0.378. The lowest BCUT2D eigenvalue weighted by molar-refractivity contribution is 0.304. The predicted octanol–water partition coefficient (Wildman–Crippen LogP) is 3.02. The van der Waals surface area contributed by atoms with Gasteiger partial charge in [0.05, 0.1) is 0 Å². The summed E-state index contributed by atoms with van der Waals surface area (Å²) in [5.41, 5.74) is 2.12. The number of nitrogens with zero attached hydrogens (tertiary/aromatic N) is 2. The maximum absolute atomic E-state index is 5.87. The third-order valence-electron chi connectivity index (χ3n) is 2.05. The molecule has 0 radical (unpaired) electrons. The molecule has 2 heterocycles. The molecule has 0 bridgehead atoms. The molecular formula is C12H11ClN2O. The van der Waals surface area contributed by atoms with Crippen LogP contribution in [-0.2, 0) is 6.61 Å². The summed E-state index contributed by atoms with van der Waals surface area (Å²) in [4.78, 5) is 8.02.